The summed E-state index contributed by atoms with van der Waals surface area (Å²) >= 11 is 0. The summed E-state index contributed by atoms with van der Waals surface area (Å²) in [5.74, 6) is 1.37. The van der Waals surface area contributed by atoms with Gasteiger partial charge >= 0.3 is 5.97 Å². The Labute approximate surface area is 87.0 Å². The molecule has 0 aromatic carbocycles. The highest BCUT2D eigenvalue weighted by molar-refractivity contribution is 5.66. The second-order valence-corrected chi connectivity index (χ2v) is 4.50. The third-order valence-corrected chi connectivity index (χ3v) is 3.48. The summed E-state index contributed by atoms with van der Waals surface area (Å²) in [4.78, 5) is 10.8. The molecular formula is C12H22O2. The van der Waals surface area contributed by atoms with Gasteiger partial charge in [0.05, 0.1) is 0 Å². The fourth-order valence-electron chi connectivity index (χ4n) is 2.42. The van der Waals surface area contributed by atoms with Crippen LogP contribution in [-0.4, -0.2) is 12.1 Å². The van der Waals surface area contributed by atoms with Crippen molar-refractivity contribution in [1.29, 1.82) is 0 Å². The van der Waals surface area contributed by atoms with Crippen LogP contribution in [-0.2, 0) is 9.53 Å². The number of rotatable bonds is 3. The van der Waals surface area contributed by atoms with Gasteiger partial charge in [-0.15, -0.1) is 0 Å². The summed E-state index contributed by atoms with van der Waals surface area (Å²) in [6, 6.07) is 0. The Morgan fingerprint density at radius 3 is 2.36 bits per heavy atom. The summed E-state index contributed by atoms with van der Waals surface area (Å²) in [5, 5.41) is 0. The van der Waals surface area contributed by atoms with Crippen LogP contribution in [0.25, 0.3) is 0 Å². The molecule has 1 aliphatic carbocycles. The molecule has 1 fully saturated rings. The maximum atomic E-state index is 10.8. The zero-order valence-corrected chi connectivity index (χ0v) is 9.58. The summed E-state index contributed by atoms with van der Waals surface area (Å²) in [6.45, 7) is 5.78. The molecule has 2 nitrogen and oxygen atoms in total. The van der Waals surface area contributed by atoms with Gasteiger partial charge in [0.25, 0.3) is 0 Å². The fraction of sp³-hybridized carbons (Fsp3) is 0.917. The molecule has 1 atom stereocenters. The van der Waals surface area contributed by atoms with Gasteiger partial charge in [-0.25, -0.2) is 0 Å². The molecular weight excluding hydrogens is 176 g/mol. The molecule has 0 bridgehead atoms. The number of carbonyl (C=O) groups is 1. The quantitative estimate of drug-likeness (QED) is 0.651. The lowest BCUT2D eigenvalue weighted by Gasteiger charge is -2.31. The van der Waals surface area contributed by atoms with Gasteiger partial charge in [-0.3, -0.25) is 4.79 Å². The van der Waals surface area contributed by atoms with Crippen LogP contribution in [0.4, 0.5) is 0 Å². The van der Waals surface area contributed by atoms with E-state index in [1.807, 2.05) is 6.92 Å². The lowest BCUT2D eigenvalue weighted by molar-refractivity contribution is -0.148. The van der Waals surface area contributed by atoms with Gasteiger partial charge in [-0.2, -0.15) is 0 Å². The summed E-state index contributed by atoms with van der Waals surface area (Å²) in [7, 11) is 0. The van der Waals surface area contributed by atoms with E-state index >= 15 is 0 Å². The summed E-state index contributed by atoms with van der Waals surface area (Å²) in [5.41, 5.74) is 0. The predicted octanol–water partition coefficient (Wildman–Crippen LogP) is 3.15. The van der Waals surface area contributed by atoms with E-state index in [1.54, 1.807) is 0 Å². The molecule has 0 amide bonds. The minimum absolute atomic E-state index is 0.116. The number of ether oxygens (including phenoxy) is 1. The van der Waals surface area contributed by atoms with Crippen molar-refractivity contribution in [2.75, 3.05) is 0 Å². The first-order chi connectivity index (χ1) is 6.63. The molecule has 0 aromatic heterocycles. The minimum Gasteiger partial charge on any atom is -0.463 e. The van der Waals surface area contributed by atoms with Gasteiger partial charge in [-0.05, 0) is 31.6 Å². The highest BCUT2D eigenvalue weighted by Crippen LogP contribution is 2.33. The van der Waals surface area contributed by atoms with Crippen LogP contribution in [0.5, 0.6) is 0 Å². The Bertz CT molecular complexity index is 181. The van der Waals surface area contributed by atoms with Crippen molar-refractivity contribution >= 4 is 5.97 Å². The van der Waals surface area contributed by atoms with E-state index in [0.717, 1.165) is 5.92 Å². The van der Waals surface area contributed by atoms with Crippen LogP contribution in [0.1, 0.15) is 52.9 Å². The first-order valence-electron chi connectivity index (χ1n) is 5.80. The van der Waals surface area contributed by atoms with Gasteiger partial charge in [0.15, 0.2) is 0 Å². The summed E-state index contributed by atoms with van der Waals surface area (Å²) < 4.78 is 5.22. The lowest BCUT2D eigenvalue weighted by atomic mass is 9.79. The third-order valence-electron chi connectivity index (χ3n) is 3.48. The van der Waals surface area contributed by atoms with E-state index in [1.165, 1.54) is 39.0 Å². The zero-order chi connectivity index (χ0) is 10.6. The minimum atomic E-state index is -0.143. The van der Waals surface area contributed by atoms with Crippen molar-refractivity contribution in [3.8, 4) is 0 Å². The molecule has 14 heavy (non-hydrogen) atoms. The molecule has 0 radical (unpaired) electrons. The normalized spacial score (nSPS) is 29.6. The second-order valence-electron chi connectivity index (χ2n) is 4.50. The van der Waals surface area contributed by atoms with E-state index in [2.05, 4.69) is 6.92 Å². The average molecular weight is 198 g/mol. The predicted molar refractivity (Wildman–Crippen MR) is 57.0 cm³/mol. The highest BCUT2D eigenvalue weighted by Gasteiger charge is 2.25. The van der Waals surface area contributed by atoms with Gasteiger partial charge in [0.2, 0.25) is 0 Å². The van der Waals surface area contributed by atoms with Gasteiger partial charge in [0, 0.05) is 6.92 Å². The van der Waals surface area contributed by atoms with Gasteiger partial charge in [0.1, 0.15) is 6.10 Å². The Morgan fingerprint density at radius 2 is 1.93 bits per heavy atom. The summed E-state index contributed by atoms with van der Waals surface area (Å²) in [6.07, 6.45) is 6.50. The molecule has 0 aromatic rings. The van der Waals surface area contributed by atoms with Gasteiger partial charge in [-0.1, -0.05) is 26.2 Å². The fourth-order valence-corrected chi connectivity index (χ4v) is 2.42. The van der Waals surface area contributed by atoms with Crippen molar-refractivity contribution in [3.63, 3.8) is 0 Å². The van der Waals surface area contributed by atoms with Crippen molar-refractivity contribution in [2.24, 2.45) is 11.8 Å². The van der Waals surface area contributed by atoms with Crippen LogP contribution in [0, 0.1) is 11.8 Å². The monoisotopic (exact) mass is 198 g/mol. The van der Waals surface area contributed by atoms with E-state index in [9.17, 15) is 4.79 Å². The van der Waals surface area contributed by atoms with E-state index < -0.39 is 0 Å². The van der Waals surface area contributed by atoms with Gasteiger partial charge < -0.3 is 4.74 Å². The SMILES string of the molecule is CCC1CCC(C(C)OC(C)=O)CC1. The van der Waals surface area contributed by atoms with Crippen molar-refractivity contribution in [2.45, 2.75) is 59.0 Å². The maximum absolute atomic E-state index is 10.8. The van der Waals surface area contributed by atoms with Crippen LogP contribution in [0.15, 0.2) is 0 Å². The molecule has 0 aliphatic heterocycles. The number of hydrogen-bond acceptors (Lipinski definition) is 2. The van der Waals surface area contributed by atoms with E-state index in [-0.39, 0.29) is 12.1 Å². The third kappa shape index (κ3) is 3.32. The Hall–Kier alpha value is -0.530. The lowest BCUT2D eigenvalue weighted by Crippen LogP contribution is -2.27. The molecule has 1 aliphatic rings. The van der Waals surface area contributed by atoms with Crippen LogP contribution >= 0.6 is 0 Å². The molecule has 1 rings (SSSR count). The number of carbonyl (C=O) groups excluding carboxylic acids is 1. The maximum Gasteiger partial charge on any atom is 0.302 e. The van der Waals surface area contributed by atoms with Crippen LogP contribution < -0.4 is 0 Å². The molecule has 82 valence electrons. The van der Waals surface area contributed by atoms with Crippen LogP contribution in [0.3, 0.4) is 0 Å². The Balaban J connectivity index is 2.30. The zero-order valence-electron chi connectivity index (χ0n) is 9.58. The second kappa shape index (κ2) is 5.38. The standard InChI is InChI=1S/C12H22O2/c1-4-11-5-7-12(8-6-11)9(2)14-10(3)13/h9,11-12H,4-8H2,1-3H3. The number of hydrogen-bond donors (Lipinski definition) is 0. The molecule has 0 spiro atoms. The number of esters is 1. The Kier molecular flexibility index (Phi) is 4.43. The average Bonchev–Trinajstić information content (AvgIpc) is 2.17. The Morgan fingerprint density at radius 1 is 1.36 bits per heavy atom. The topological polar surface area (TPSA) is 26.3 Å². The first-order valence-corrected chi connectivity index (χ1v) is 5.80. The highest BCUT2D eigenvalue weighted by atomic mass is 16.5. The first kappa shape index (κ1) is 11.5. The van der Waals surface area contributed by atoms with Crippen LogP contribution in [0.2, 0.25) is 0 Å². The smallest absolute Gasteiger partial charge is 0.302 e. The largest absolute Gasteiger partial charge is 0.463 e. The van der Waals surface area contributed by atoms with E-state index in [0.29, 0.717) is 5.92 Å². The van der Waals surface area contributed by atoms with Crippen molar-refractivity contribution in [3.05, 3.63) is 0 Å². The molecule has 1 unspecified atom stereocenters. The van der Waals surface area contributed by atoms with Crippen molar-refractivity contribution < 1.29 is 9.53 Å². The van der Waals surface area contributed by atoms with E-state index in [4.69, 9.17) is 4.74 Å². The molecule has 2 heteroatoms. The molecule has 0 heterocycles. The molecule has 0 N–H and O–H groups in total. The van der Waals surface area contributed by atoms with Crippen molar-refractivity contribution in [1.82, 2.24) is 0 Å². The molecule has 1 saturated carbocycles. The molecule has 0 saturated heterocycles.